The minimum Gasteiger partial charge on any atom is -0.368 e. The molecule has 0 radical (unpaired) electrons. The van der Waals surface area contributed by atoms with E-state index in [-0.39, 0.29) is 6.04 Å². The SMILES string of the molecule is O=C([C@@H]1CC2(CCNCC2)CN1)N1CCN(c2ccccc2)CC1. The summed E-state index contributed by atoms with van der Waals surface area (Å²) < 4.78 is 0. The number of amides is 1. The number of hydrogen-bond donors (Lipinski definition) is 2. The predicted octanol–water partition coefficient (Wildman–Crippen LogP) is 1.07. The highest BCUT2D eigenvalue weighted by atomic mass is 16.2. The van der Waals surface area contributed by atoms with Gasteiger partial charge in [0.1, 0.15) is 0 Å². The second-order valence-corrected chi connectivity index (χ2v) is 7.54. The number of carbonyl (C=O) groups is 1. The largest absolute Gasteiger partial charge is 0.368 e. The molecule has 3 fully saturated rings. The first kappa shape index (κ1) is 15.9. The van der Waals surface area contributed by atoms with Gasteiger partial charge < -0.3 is 20.4 Å². The van der Waals surface area contributed by atoms with Crippen molar-refractivity contribution in [2.24, 2.45) is 5.41 Å². The quantitative estimate of drug-likeness (QED) is 0.852. The summed E-state index contributed by atoms with van der Waals surface area (Å²) >= 11 is 0. The van der Waals surface area contributed by atoms with E-state index in [4.69, 9.17) is 0 Å². The van der Waals surface area contributed by atoms with Crippen LogP contribution in [0.15, 0.2) is 30.3 Å². The number of carbonyl (C=O) groups excluding carboxylic acids is 1. The highest BCUT2D eigenvalue weighted by molar-refractivity contribution is 5.82. The van der Waals surface area contributed by atoms with Crippen LogP contribution in [0.5, 0.6) is 0 Å². The van der Waals surface area contributed by atoms with Gasteiger partial charge in [-0.05, 0) is 49.9 Å². The van der Waals surface area contributed by atoms with Gasteiger partial charge in [0.25, 0.3) is 0 Å². The molecule has 3 saturated heterocycles. The number of rotatable bonds is 2. The Morgan fingerprint density at radius 2 is 1.75 bits per heavy atom. The molecule has 0 unspecified atom stereocenters. The lowest BCUT2D eigenvalue weighted by Gasteiger charge is -2.37. The minimum absolute atomic E-state index is 0.0337. The Labute approximate surface area is 144 Å². The standard InChI is InChI=1S/C19H28N4O/c24-18(17-14-19(15-21-17)6-8-20-9-7-19)23-12-10-22(11-13-23)16-4-2-1-3-5-16/h1-5,17,20-21H,6-15H2/t17-/m0/s1. The van der Waals surface area contributed by atoms with Crippen LogP contribution in [0.4, 0.5) is 5.69 Å². The van der Waals surface area contributed by atoms with Crippen LogP contribution in [-0.2, 0) is 4.79 Å². The molecule has 0 aromatic heterocycles. The van der Waals surface area contributed by atoms with Crippen molar-refractivity contribution in [1.82, 2.24) is 15.5 Å². The van der Waals surface area contributed by atoms with Crippen LogP contribution in [0.25, 0.3) is 0 Å². The molecule has 0 saturated carbocycles. The summed E-state index contributed by atoms with van der Waals surface area (Å²) in [6.45, 7) is 6.72. The summed E-state index contributed by atoms with van der Waals surface area (Å²) in [6.07, 6.45) is 3.42. The van der Waals surface area contributed by atoms with E-state index in [1.165, 1.54) is 18.5 Å². The first-order chi connectivity index (χ1) is 11.8. The number of nitrogens with one attached hydrogen (secondary N) is 2. The van der Waals surface area contributed by atoms with Gasteiger partial charge in [0, 0.05) is 38.4 Å². The summed E-state index contributed by atoms with van der Waals surface area (Å²) in [7, 11) is 0. The molecule has 3 heterocycles. The molecule has 5 nitrogen and oxygen atoms in total. The van der Waals surface area contributed by atoms with Crippen molar-refractivity contribution >= 4 is 11.6 Å². The van der Waals surface area contributed by atoms with E-state index in [1.807, 2.05) is 6.07 Å². The number of benzene rings is 1. The molecule has 2 N–H and O–H groups in total. The monoisotopic (exact) mass is 328 g/mol. The van der Waals surface area contributed by atoms with Gasteiger partial charge in [0.05, 0.1) is 6.04 Å². The zero-order valence-electron chi connectivity index (χ0n) is 14.3. The lowest BCUT2D eigenvalue weighted by atomic mass is 9.77. The van der Waals surface area contributed by atoms with E-state index in [2.05, 4.69) is 44.7 Å². The molecular weight excluding hydrogens is 300 g/mol. The van der Waals surface area contributed by atoms with Gasteiger partial charge >= 0.3 is 0 Å². The number of nitrogens with zero attached hydrogens (tertiary/aromatic N) is 2. The van der Waals surface area contributed by atoms with Crippen molar-refractivity contribution in [3.8, 4) is 0 Å². The van der Waals surface area contributed by atoms with Crippen LogP contribution in [0, 0.1) is 5.41 Å². The van der Waals surface area contributed by atoms with Gasteiger partial charge in [-0.1, -0.05) is 18.2 Å². The molecular formula is C19H28N4O. The van der Waals surface area contributed by atoms with Crippen LogP contribution >= 0.6 is 0 Å². The summed E-state index contributed by atoms with van der Waals surface area (Å²) in [5.74, 6) is 0.318. The molecule has 3 aliphatic heterocycles. The molecule has 130 valence electrons. The Hall–Kier alpha value is -1.59. The van der Waals surface area contributed by atoms with Crippen molar-refractivity contribution in [1.29, 1.82) is 0 Å². The minimum atomic E-state index is 0.0337. The van der Waals surface area contributed by atoms with Gasteiger partial charge in [0.15, 0.2) is 0 Å². The van der Waals surface area contributed by atoms with Crippen LogP contribution < -0.4 is 15.5 Å². The molecule has 0 aliphatic carbocycles. The van der Waals surface area contributed by atoms with Crippen LogP contribution in [0.3, 0.4) is 0 Å². The lowest BCUT2D eigenvalue weighted by molar-refractivity contribution is -0.133. The Kier molecular flexibility index (Phi) is 4.46. The normalized spacial score (nSPS) is 26.8. The third-order valence-corrected chi connectivity index (χ3v) is 6.04. The molecule has 1 spiro atoms. The molecule has 1 aromatic rings. The van der Waals surface area contributed by atoms with E-state index in [9.17, 15) is 4.79 Å². The fourth-order valence-electron chi connectivity index (χ4n) is 4.47. The Bertz CT molecular complexity index is 562. The van der Waals surface area contributed by atoms with Crippen molar-refractivity contribution in [3.63, 3.8) is 0 Å². The highest BCUT2D eigenvalue weighted by Gasteiger charge is 2.43. The number of piperidine rings is 1. The molecule has 5 heteroatoms. The Morgan fingerprint density at radius 3 is 2.46 bits per heavy atom. The van der Waals surface area contributed by atoms with Gasteiger partial charge in [-0.3, -0.25) is 4.79 Å². The Morgan fingerprint density at radius 1 is 1.04 bits per heavy atom. The van der Waals surface area contributed by atoms with Gasteiger partial charge in [-0.15, -0.1) is 0 Å². The predicted molar refractivity (Wildman–Crippen MR) is 96.2 cm³/mol. The molecule has 1 aromatic carbocycles. The van der Waals surface area contributed by atoms with Gasteiger partial charge in [-0.2, -0.15) is 0 Å². The maximum Gasteiger partial charge on any atom is 0.239 e. The third kappa shape index (κ3) is 3.15. The van der Waals surface area contributed by atoms with Gasteiger partial charge in [-0.25, -0.2) is 0 Å². The molecule has 24 heavy (non-hydrogen) atoms. The zero-order chi connectivity index (χ0) is 16.4. The summed E-state index contributed by atoms with van der Waals surface area (Å²) in [4.78, 5) is 17.3. The first-order valence-electron chi connectivity index (χ1n) is 9.29. The number of piperazine rings is 1. The fourth-order valence-corrected chi connectivity index (χ4v) is 4.47. The third-order valence-electron chi connectivity index (χ3n) is 6.04. The highest BCUT2D eigenvalue weighted by Crippen LogP contribution is 2.37. The average Bonchev–Trinajstić information content (AvgIpc) is 3.06. The molecule has 1 atom stereocenters. The van der Waals surface area contributed by atoms with E-state index in [1.54, 1.807) is 0 Å². The van der Waals surface area contributed by atoms with Crippen molar-refractivity contribution in [2.45, 2.75) is 25.3 Å². The lowest BCUT2D eigenvalue weighted by Crippen LogP contribution is -2.53. The topological polar surface area (TPSA) is 47.6 Å². The summed E-state index contributed by atoms with van der Waals surface area (Å²) in [5.41, 5.74) is 1.62. The zero-order valence-corrected chi connectivity index (χ0v) is 14.3. The van der Waals surface area contributed by atoms with Crippen LogP contribution in [0.1, 0.15) is 19.3 Å². The summed E-state index contributed by atoms with van der Waals surface area (Å²) in [6, 6.07) is 10.5. The van der Waals surface area contributed by atoms with E-state index in [0.29, 0.717) is 11.3 Å². The maximum atomic E-state index is 12.9. The van der Waals surface area contributed by atoms with Crippen LogP contribution in [-0.4, -0.2) is 62.7 Å². The Balaban J connectivity index is 1.32. The van der Waals surface area contributed by atoms with E-state index < -0.39 is 0 Å². The van der Waals surface area contributed by atoms with Crippen molar-refractivity contribution in [3.05, 3.63) is 30.3 Å². The smallest absolute Gasteiger partial charge is 0.239 e. The molecule has 4 rings (SSSR count). The number of anilines is 1. The molecule has 3 aliphatic rings. The van der Waals surface area contributed by atoms with Gasteiger partial charge in [0.2, 0.25) is 5.91 Å². The molecule has 0 bridgehead atoms. The van der Waals surface area contributed by atoms with Crippen molar-refractivity contribution < 1.29 is 4.79 Å². The van der Waals surface area contributed by atoms with Crippen molar-refractivity contribution in [2.75, 3.05) is 50.7 Å². The second kappa shape index (κ2) is 6.73. The molecule has 1 amide bonds. The average molecular weight is 328 g/mol. The number of para-hydroxylation sites is 1. The summed E-state index contributed by atoms with van der Waals surface area (Å²) in [5, 5.41) is 6.96. The fraction of sp³-hybridized carbons (Fsp3) is 0.632. The van der Waals surface area contributed by atoms with E-state index >= 15 is 0 Å². The maximum absolute atomic E-state index is 12.9. The van der Waals surface area contributed by atoms with E-state index in [0.717, 1.165) is 52.2 Å². The van der Waals surface area contributed by atoms with Crippen LogP contribution in [0.2, 0.25) is 0 Å². The number of hydrogen-bond acceptors (Lipinski definition) is 4. The second-order valence-electron chi connectivity index (χ2n) is 7.54. The first-order valence-corrected chi connectivity index (χ1v) is 9.29.